The predicted molar refractivity (Wildman–Crippen MR) is 95.6 cm³/mol. The Labute approximate surface area is 147 Å². The van der Waals surface area contributed by atoms with E-state index in [1.165, 1.54) is 0 Å². The fourth-order valence-corrected chi connectivity index (χ4v) is 2.23. The number of carbonyl (C=O) groups excluding carboxylic acids is 1. The molecule has 1 N–H and O–H groups in total. The van der Waals surface area contributed by atoms with E-state index < -0.39 is 6.10 Å². The Hall–Kier alpha value is -2.20. The van der Waals surface area contributed by atoms with Gasteiger partial charge in [0.15, 0.2) is 6.10 Å². The first-order valence-corrected chi connectivity index (χ1v) is 8.27. The van der Waals surface area contributed by atoms with Gasteiger partial charge in [0.2, 0.25) is 0 Å². The molecule has 0 unspecified atom stereocenters. The molecule has 2 aromatic rings. The van der Waals surface area contributed by atoms with Gasteiger partial charge in [-0.15, -0.1) is 0 Å². The standard InChI is InChI=1S/C19H22ClNO3/c1-13(2)23-18-6-4-5-15(11-18)12-21-19(22)14(3)24-17-9-7-16(20)8-10-17/h4-11,13-14H,12H2,1-3H3,(H,21,22)/t14-/m0/s1. The first kappa shape index (κ1) is 18.1. The maximum Gasteiger partial charge on any atom is 0.261 e. The van der Waals surface area contributed by atoms with E-state index >= 15 is 0 Å². The summed E-state index contributed by atoms with van der Waals surface area (Å²) < 4.78 is 11.3. The van der Waals surface area contributed by atoms with E-state index in [0.29, 0.717) is 17.3 Å². The van der Waals surface area contributed by atoms with E-state index in [-0.39, 0.29) is 12.0 Å². The van der Waals surface area contributed by atoms with Gasteiger partial charge in [-0.3, -0.25) is 4.79 Å². The van der Waals surface area contributed by atoms with Gasteiger partial charge >= 0.3 is 0 Å². The number of rotatable bonds is 7. The highest BCUT2D eigenvalue weighted by Gasteiger charge is 2.14. The number of carbonyl (C=O) groups is 1. The second-order valence-corrected chi connectivity index (χ2v) is 6.18. The summed E-state index contributed by atoms with van der Waals surface area (Å²) in [6.45, 7) is 6.08. The van der Waals surface area contributed by atoms with Crippen molar-refractivity contribution in [1.29, 1.82) is 0 Å². The Morgan fingerprint density at radius 1 is 1.04 bits per heavy atom. The van der Waals surface area contributed by atoms with E-state index in [2.05, 4.69) is 5.32 Å². The van der Waals surface area contributed by atoms with Crippen molar-refractivity contribution in [1.82, 2.24) is 5.32 Å². The van der Waals surface area contributed by atoms with Crippen LogP contribution in [0.2, 0.25) is 5.02 Å². The fourth-order valence-electron chi connectivity index (χ4n) is 2.10. The van der Waals surface area contributed by atoms with Crippen molar-refractivity contribution in [2.24, 2.45) is 0 Å². The summed E-state index contributed by atoms with van der Waals surface area (Å²) in [4.78, 5) is 12.2. The van der Waals surface area contributed by atoms with E-state index in [9.17, 15) is 4.79 Å². The van der Waals surface area contributed by atoms with Crippen molar-refractivity contribution >= 4 is 17.5 Å². The molecule has 0 heterocycles. The first-order chi connectivity index (χ1) is 11.4. The smallest absolute Gasteiger partial charge is 0.261 e. The molecule has 2 rings (SSSR count). The fraction of sp³-hybridized carbons (Fsp3) is 0.316. The van der Waals surface area contributed by atoms with E-state index in [0.717, 1.165) is 11.3 Å². The molecule has 0 radical (unpaired) electrons. The molecule has 24 heavy (non-hydrogen) atoms. The number of ether oxygens (including phenoxy) is 2. The zero-order chi connectivity index (χ0) is 17.5. The average Bonchev–Trinajstić information content (AvgIpc) is 2.54. The zero-order valence-corrected chi connectivity index (χ0v) is 14.8. The summed E-state index contributed by atoms with van der Waals surface area (Å²) in [5, 5.41) is 3.49. The highest BCUT2D eigenvalue weighted by molar-refractivity contribution is 6.30. The van der Waals surface area contributed by atoms with Crippen LogP contribution in [0.15, 0.2) is 48.5 Å². The molecule has 128 valence electrons. The molecule has 0 saturated heterocycles. The van der Waals surface area contributed by atoms with Gasteiger partial charge in [0.05, 0.1) is 6.10 Å². The Balaban J connectivity index is 1.86. The van der Waals surface area contributed by atoms with Gasteiger partial charge in [0.1, 0.15) is 11.5 Å². The van der Waals surface area contributed by atoms with Gasteiger partial charge in [-0.2, -0.15) is 0 Å². The third-order valence-electron chi connectivity index (χ3n) is 3.23. The number of hydrogen-bond donors (Lipinski definition) is 1. The van der Waals surface area contributed by atoms with Crippen molar-refractivity contribution in [2.45, 2.75) is 39.5 Å². The molecular weight excluding hydrogens is 326 g/mol. The monoisotopic (exact) mass is 347 g/mol. The van der Waals surface area contributed by atoms with Crippen molar-refractivity contribution in [3.63, 3.8) is 0 Å². The molecule has 1 atom stereocenters. The summed E-state index contributed by atoms with van der Waals surface area (Å²) in [6.07, 6.45) is -0.482. The molecule has 0 aromatic heterocycles. The van der Waals surface area contributed by atoms with Gasteiger partial charge in [-0.05, 0) is 62.7 Å². The number of hydrogen-bond acceptors (Lipinski definition) is 3. The average molecular weight is 348 g/mol. The molecule has 0 aliphatic heterocycles. The number of benzene rings is 2. The summed E-state index contributed by atoms with van der Waals surface area (Å²) >= 11 is 5.83. The summed E-state index contributed by atoms with van der Waals surface area (Å²) in [5.41, 5.74) is 0.972. The van der Waals surface area contributed by atoms with Crippen LogP contribution in [-0.2, 0) is 11.3 Å². The van der Waals surface area contributed by atoms with Gasteiger partial charge < -0.3 is 14.8 Å². The van der Waals surface area contributed by atoms with E-state index in [1.807, 2.05) is 38.1 Å². The Morgan fingerprint density at radius 2 is 1.75 bits per heavy atom. The van der Waals surface area contributed by atoms with Crippen LogP contribution in [0.3, 0.4) is 0 Å². The minimum Gasteiger partial charge on any atom is -0.491 e. The van der Waals surface area contributed by atoms with Crippen molar-refractivity contribution < 1.29 is 14.3 Å². The Morgan fingerprint density at radius 3 is 2.42 bits per heavy atom. The van der Waals surface area contributed by atoms with Crippen LogP contribution < -0.4 is 14.8 Å². The van der Waals surface area contributed by atoms with Gasteiger partial charge in [0, 0.05) is 11.6 Å². The van der Waals surface area contributed by atoms with Crippen molar-refractivity contribution in [3.05, 3.63) is 59.1 Å². The van der Waals surface area contributed by atoms with Crippen LogP contribution in [0.1, 0.15) is 26.3 Å². The molecule has 2 aromatic carbocycles. The van der Waals surface area contributed by atoms with Crippen molar-refractivity contribution in [3.8, 4) is 11.5 Å². The van der Waals surface area contributed by atoms with E-state index in [4.69, 9.17) is 21.1 Å². The van der Waals surface area contributed by atoms with Gasteiger partial charge in [-0.25, -0.2) is 0 Å². The van der Waals surface area contributed by atoms with Crippen molar-refractivity contribution in [2.75, 3.05) is 0 Å². The lowest BCUT2D eigenvalue weighted by molar-refractivity contribution is -0.127. The molecule has 0 bridgehead atoms. The lowest BCUT2D eigenvalue weighted by atomic mass is 10.2. The minimum atomic E-state index is -0.596. The molecule has 0 fully saturated rings. The number of amides is 1. The lowest BCUT2D eigenvalue weighted by Gasteiger charge is -2.15. The highest BCUT2D eigenvalue weighted by Crippen LogP contribution is 2.17. The summed E-state index contributed by atoms with van der Waals surface area (Å²) in [5.74, 6) is 1.22. The summed E-state index contributed by atoms with van der Waals surface area (Å²) in [6, 6.07) is 14.6. The molecule has 0 saturated carbocycles. The zero-order valence-electron chi connectivity index (χ0n) is 14.1. The van der Waals surface area contributed by atoms with Crippen LogP contribution in [0.25, 0.3) is 0 Å². The van der Waals surface area contributed by atoms with Gasteiger partial charge in [0.25, 0.3) is 5.91 Å². The largest absolute Gasteiger partial charge is 0.491 e. The van der Waals surface area contributed by atoms with Crippen LogP contribution in [0, 0.1) is 0 Å². The van der Waals surface area contributed by atoms with Crippen LogP contribution in [-0.4, -0.2) is 18.1 Å². The summed E-state index contributed by atoms with van der Waals surface area (Å²) in [7, 11) is 0. The highest BCUT2D eigenvalue weighted by atomic mass is 35.5. The first-order valence-electron chi connectivity index (χ1n) is 7.89. The maximum atomic E-state index is 12.2. The molecule has 0 aliphatic carbocycles. The maximum absolute atomic E-state index is 12.2. The third kappa shape index (κ3) is 5.78. The second kappa shape index (κ2) is 8.60. The molecule has 0 aliphatic rings. The second-order valence-electron chi connectivity index (χ2n) is 5.75. The molecule has 1 amide bonds. The van der Waals surface area contributed by atoms with Crippen LogP contribution in [0.5, 0.6) is 11.5 Å². The number of nitrogens with one attached hydrogen (secondary N) is 1. The molecule has 4 nitrogen and oxygen atoms in total. The molecular formula is C19H22ClNO3. The normalized spacial score (nSPS) is 11.9. The van der Waals surface area contributed by atoms with Crippen LogP contribution in [0.4, 0.5) is 0 Å². The topological polar surface area (TPSA) is 47.6 Å². The molecule has 0 spiro atoms. The Kier molecular flexibility index (Phi) is 6.50. The quantitative estimate of drug-likeness (QED) is 0.816. The minimum absolute atomic E-state index is 0.114. The third-order valence-corrected chi connectivity index (χ3v) is 3.48. The van der Waals surface area contributed by atoms with Gasteiger partial charge in [-0.1, -0.05) is 23.7 Å². The van der Waals surface area contributed by atoms with Crippen LogP contribution >= 0.6 is 11.6 Å². The predicted octanol–water partition coefficient (Wildman–Crippen LogP) is 4.21. The Bertz CT molecular complexity index is 671. The number of halogens is 1. The van der Waals surface area contributed by atoms with E-state index in [1.54, 1.807) is 31.2 Å². The molecule has 5 heteroatoms. The lowest BCUT2D eigenvalue weighted by Crippen LogP contribution is -2.35. The SMILES string of the molecule is CC(C)Oc1cccc(CNC(=O)[C@H](C)Oc2ccc(Cl)cc2)c1.